The summed E-state index contributed by atoms with van der Waals surface area (Å²) >= 11 is 0. The van der Waals surface area contributed by atoms with Crippen molar-refractivity contribution in [1.29, 1.82) is 0 Å². The Bertz CT molecular complexity index is 193. The summed E-state index contributed by atoms with van der Waals surface area (Å²) in [6.07, 6.45) is 1.54. The Labute approximate surface area is 52.9 Å². The quantitative estimate of drug-likeness (QED) is 0.585. The molecule has 2 nitrogen and oxygen atoms in total. The van der Waals surface area contributed by atoms with Crippen molar-refractivity contribution in [3.63, 3.8) is 0 Å². The first-order valence-electron chi connectivity index (χ1n) is 2.80. The van der Waals surface area contributed by atoms with Crippen LogP contribution in [0, 0.1) is 5.95 Å². The van der Waals surface area contributed by atoms with E-state index < -0.39 is 0 Å². The summed E-state index contributed by atoms with van der Waals surface area (Å²) in [4.78, 5) is 2.40. The highest BCUT2D eigenvalue weighted by Crippen LogP contribution is 2.11. The van der Waals surface area contributed by atoms with E-state index in [0.717, 1.165) is 0 Å². The maximum atomic E-state index is 12.5. The number of aromatic amines is 1. The van der Waals surface area contributed by atoms with E-state index in [9.17, 15) is 4.39 Å². The molecule has 0 spiro atoms. The Morgan fingerprint density at radius 3 is 2.67 bits per heavy atom. The molecule has 0 aromatic carbocycles. The van der Waals surface area contributed by atoms with Crippen LogP contribution < -0.4 is 5.73 Å². The normalized spacial score (nSPS) is 13.7. The Hall–Kier alpha value is -0.830. The summed E-state index contributed by atoms with van der Waals surface area (Å²) < 4.78 is 12.5. The van der Waals surface area contributed by atoms with Crippen LogP contribution in [0.2, 0.25) is 0 Å². The van der Waals surface area contributed by atoms with E-state index in [1.54, 1.807) is 13.0 Å². The molecular formula is C6H9FN2. The third-order valence-electron chi connectivity index (χ3n) is 1.22. The standard InChI is InChI=1S/C6H9FN2/c1-4(8)5-2-3-9-6(5)7/h2-4,9H,8H2,1H3. The lowest BCUT2D eigenvalue weighted by Gasteiger charge is -1.98. The Morgan fingerprint density at radius 2 is 2.44 bits per heavy atom. The van der Waals surface area contributed by atoms with Crippen LogP contribution in [-0.4, -0.2) is 4.98 Å². The third kappa shape index (κ3) is 1.10. The molecule has 0 bridgehead atoms. The van der Waals surface area contributed by atoms with Gasteiger partial charge in [-0.3, -0.25) is 0 Å². The summed E-state index contributed by atoms with van der Waals surface area (Å²) in [7, 11) is 0. The van der Waals surface area contributed by atoms with Gasteiger partial charge < -0.3 is 10.7 Å². The summed E-state index contributed by atoms with van der Waals surface area (Å²) in [6.45, 7) is 1.74. The molecule has 3 heteroatoms. The second-order valence-electron chi connectivity index (χ2n) is 2.04. The molecule has 0 aliphatic heterocycles. The minimum atomic E-state index is -0.329. The van der Waals surface area contributed by atoms with Crippen LogP contribution in [0.3, 0.4) is 0 Å². The summed E-state index contributed by atoms with van der Waals surface area (Å²) in [6, 6.07) is 1.41. The lowest BCUT2D eigenvalue weighted by Crippen LogP contribution is -2.05. The van der Waals surface area contributed by atoms with Crippen LogP contribution in [0.5, 0.6) is 0 Å². The van der Waals surface area contributed by atoms with E-state index in [1.165, 1.54) is 6.20 Å². The number of aromatic nitrogens is 1. The third-order valence-corrected chi connectivity index (χ3v) is 1.22. The first kappa shape index (κ1) is 6.29. The molecule has 0 saturated heterocycles. The second-order valence-corrected chi connectivity index (χ2v) is 2.04. The first-order valence-corrected chi connectivity index (χ1v) is 2.80. The maximum Gasteiger partial charge on any atom is 0.195 e. The van der Waals surface area contributed by atoms with Gasteiger partial charge in [-0.25, -0.2) is 0 Å². The lowest BCUT2D eigenvalue weighted by molar-refractivity contribution is 0.564. The Kier molecular flexibility index (Phi) is 1.53. The van der Waals surface area contributed by atoms with Crippen LogP contribution >= 0.6 is 0 Å². The zero-order valence-electron chi connectivity index (χ0n) is 5.19. The number of hydrogen-bond donors (Lipinski definition) is 2. The number of nitrogens with two attached hydrogens (primary N) is 1. The van der Waals surface area contributed by atoms with Gasteiger partial charge in [0.2, 0.25) is 0 Å². The topological polar surface area (TPSA) is 41.8 Å². The van der Waals surface area contributed by atoms with Crippen molar-refractivity contribution in [3.05, 3.63) is 23.8 Å². The first-order chi connectivity index (χ1) is 4.22. The van der Waals surface area contributed by atoms with Crippen molar-refractivity contribution < 1.29 is 4.39 Å². The van der Waals surface area contributed by atoms with E-state index in [-0.39, 0.29) is 12.0 Å². The van der Waals surface area contributed by atoms with Crippen LogP contribution in [0.1, 0.15) is 18.5 Å². The molecule has 0 aliphatic carbocycles. The lowest BCUT2D eigenvalue weighted by atomic mass is 10.2. The highest BCUT2D eigenvalue weighted by atomic mass is 19.1. The molecule has 0 saturated carbocycles. The van der Waals surface area contributed by atoms with Crippen molar-refractivity contribution >= 4 is 0 Å². The number of halogens is 1. The number of H-pyrrole nitrogens is 1. The van der Waals surface area contributed by atoms with E-state index in [2.05, 4.69) is 4.98 Å². The van der Waals surface area contributed by atoms with Crippen molar-refractivity contribution in [2.45, 2.75) is 13.0 Å². The van der Waals surface area contributed by atoms with Crippen molar-refractivity contribution in [2.24, 2.45) is 5.73 Å². The molecule has 9 heavy (non-hydrogen) atoms. The monoisotopic (exact) mass is 128 g/mol. The Balaban J connectivity index is 2.94. The van der Waals surface area contributed by atoms with Crippen molar-refractivity contribution in [3.8, 4) is 0 Å². The van der Waals surface area contributed by atoms with E-state index in [1.807, 2.05) is 0 Å². The molecule has 50 valence electrons. The molecule has 0 aliphatic rings. The SMILES string of the molecule is CC(N)c1cc[nH]c1F. The van der Waals surface area contributed by atoms with Gasteiger partial charge >= 0.3 is 0 Å². The fourth-order valence-electron chi connectivity index (χ4n) is 0.713. The summed E-state index contributed by atoms with van der Waals surface area (Å²) in [5.41, 5.74) is 5.94. The Morgan fingerprint density at radius 1 is 1.78 bits per heavy atom. The van der Waals surface area contributed by atoms with Gasteiger partial charge in [-0.05, 0) is 13.0 Å². The molecule has 1 aromatic rings. The average molecular weight is 128 g/mol. The predicted octanol–water partition coefficient (Wildman–Crippen LogP) is 1.17. The van der Waals surface area contributed by atoms with E-state index in [0.29, 0.717) is 5.56 Å². The van der Waals surface area contributed by atoms with Crippen LogP contribution in [-0.2, 0) is 0 Å². The van der Waals surface area contributed by atoms with Gasteiger partial charge in [-0.1, -0.05) is 0 Å². The summed E-state index contributed by atoms with van der Waals surface area (Å²) in [5, 5.41) is 0. The highest BCUT2D eigenvalue weighted by molar-refractivity contribution is 5.14. The van der Waals surface area contributed by atoms with E-state index >= 15 is 0 Å². The number of hydrogen-bond acceptors (Lipinski definition) is 1. The van der Waals surface area contributed by atoms with Crippen LogP contribution in [0.15, 0.2) is 12.3 Å². The molecule has 0 amide bonds. The maximum absolute atomic E-state index is 12.5. The van der Waals surface area contributed by atoms with Crippen LogP contribution in [0.4, 0.5) is 4.39 Å². The number of rotatable bonds is 1. The minimum Gasteiger partial charge on any atom is -0.338 e. The molecule has 1 atom stereocenters. The van der Waals surface area contributed by atoms with Gasteiger partial charge in [0, 0.05) is 17.8 Å². The van der Waals surface area contributed by atoms with Gasteiger partial charge in [-0.2, -0.15) is 4.39 Å². The van der Waals surface area contributed by atoms with Crippen LogP contribution in [0.25, 0.3) is 0 Å². The van der Waals surface area contributed by atoms with Crippen molar-refractivity contribution in [1.82, 2.24) is 4.98 Å². The fourth-order valence-corrected chi connectivity index (χ4v) is 0.713. The molecule has 0 radical (unpaired) electrons. The largest absolute Gasteiger partial charge is 0.338 e. The molecule has 3 N–H and O–H groups in total. The number of nitrogens with one attached hydrogen (secondary N) is 1. The van der Waals surface area contributed by atoms with Crippen molar-refractivity contribution in [2.75, 3.05) is 0 Å². The van der Waals surface area contributed by atoms with Gasteiger partial charge in [0.05, 0.1) is 0 Å². The zero-order chi connectivity index (χ0) is 6.85. The average Bonchev–Trinajstić information content (AvgIpc) is 2.13. The van der Waals surface area contributed by atoms with Gasteiger partial charge in [0.25, 0.3) is 0 Å². The minimum absolute atomic E-state index is 0.226. The van der Waals surface area contributed by atoms with E-state index in [4.69, 9.17) is 5.73 Å². The fraction of sp³-hybridized carbons (Fsp3) is 0.333. The summed E-state index contributed by atoms with van der Waals surface area (Å²) in [5.74, 6) is -0.329. The smallest absolute Gasteiger partial charge is 0.195 e. The van der Waals surface area contributed by atoms with Gasteiger partial charge in [0.15, 0.2) is 5.95 Å². The molecule has 1 heterocycles. The molecule has 1 aromatic heterocycles. The molecule has 1 rings (SSSR count). The molecule has 0 fully saturated rings. The predicted molar refractivity (Wildman–Crippen MR) is 33.4 cm³/mol. The van der Waals surface area contributed by atoms with Gasteiger partial charge in [0.1, 0.15) is 0 Å². The molecule has 1 unspecified atom stereocenters. The second kappa shape index (κ2) is 2.19. The highest BCUT2D eigenvalue weighted by Gasteiger charge is 2.05. The molecular weight excluding hydrogens is 119 g/mol. The van der Waals surface area contributed by atoms with Gasteiger partial charge in [-0.15, -0.1) is 0 Å². The zero-order valence-corrected chi connectivity index (χ0v) is 5.19.